The zero-order chi connectivity index (χ0) is 30.7. The lowest BCUT2D eigenvalue weighted by Crippen LogP contribution is -2.37. The number of carbonyl (C=O) groups is 2. The summed E-state index contributed by atoms with van der Waals surface area (Å²) < 4.78 is 5.59. The Kier molecular flexibility index (Phi) is 10.3. The van der Waals surface area contributed by atoms with Crippen molar-refractivity contribution < 1.29 is 14.3 Å². The van der Waals surface area contributed by atoms with Crippen molar-refractivity contribution in [2.24, 2.45) is 0 Å². The van der Waals surface area contributed by atoms with Crippen LogP contribution in [0, 0.1) is 0 Å². The molecule has 7 heteroatoms. The Bertz CT molecular complexity index is 1660. The summed E-state index contributed by atoms with van der Waals surface area (Å²) in [6, 6.07) is 34.9. The van der Waals surface area contributed by atoms with Crippen molar-refractivity contribution in [1.29, 1.82) is 0 Å². The van der Waals surface area contributed by atoms with Gasteiger partial charge in [-0.15, -0.1) is 0 Å². The Morgan fingerprint density at radius 2 is 1.57 bits per heavy atom. The second-order valence-electron chi connectivity index (χ2n) is 10.9. The molecule has 44 heavy (non-hydrogen) atoms. The number of carbonyl (C=O) groups excluding carboxylic acids is 2. The van der Waals surface area contributed by atoms with E-state index in [1.54, 1.807) is 18.3 Å². The van der Waals surface area contributed by atoms with Crippen LogP contribution in [-0.4, -0.2) is 55.0 Å². The number of amides is 1. The van der Waals surface area contributed by atoms with E-state index in [4.69, 9.17) is 4.74 Å². The third kappa shape index (κ3) is 8.30. The fourth-order valence-electron chi connectivity index (χ4n) is 5.23. The van der Waals surface area contributed by atoms with Crippen molar-refractivity contribution in [3.8, 4) is 5.75 Å². The van der Waals surface area contributed by atoms with Crippen LogP contribution in [0.1, 0.15) is 24.0 Å². The summed E-state index contributed by atoms with van der Waals surface area (Å²) in [4.78, 5) is 35.0. The predicted octanol–water partition coefficient (Wildman–Crippen LogP) is 6.56. The van der Waals surface area contributed by atoms with E-state index >= 15 is 0 Å². The molecule has 0 bridgehead atoms. The molecule has 0 aliphatic carbocycles. The molecule has 1 atom stereocenters. The monoisotopic (exact) mass is 586 g/mol. The van der Waals surface area contributed by atoms with Crippen LogP contribution in [0.5, 0.6) is 5.75 Å². The van der Waals surface area contributed by atoms with Gasteiger partial charge in [0.25, 0.3) is 0 Å². The first kappa shape index (κ1) is 30.4. The lowest BCUT2D eigenvalue weighted by Gasteiger charge is -2.28. The minimum Gasteiger partial charge on any atom is -0.426 e. The summed E-state index contributed by atoms with van der Waals surface area (Å²) in [6.07, 6.45) is 3.74. The van der Waals surface area contributed by atoms with E-state index in [9.17, 15) is 9.59 Å². The maximum atomic E-state index is 13.8. The highest BCUT2D eigenvalue weighted by Crippen LogP contribution is 2.25. The van der Waals surface area contributed by atoms with Crippen LogP contribution >= 0.6 is 0 Å². The minimum absolute atomic E-state index is 0.102. The smallest absolute Gasteiger partial charge is 0.315 e. The minimum atomic E-state index is -0.450. The van der Waals surface area contributed by atoms with Crippen molar-refractivity contribution in [2.75, 3.05) is 43.4 Å². The van der Waals surface area contributed by atoms with E-state index in [2.05, 4.69) is 39.2 Å². The molecule has 5 aromatic rings. The number of aromatic nitrogens is 1. The lowest BCUT2D eigenvalue weighted by molar-refractivity contribution is -0.133. The van der Waals surface area contributed by atoms with Gasteiger partial charge in [0.1, 0.15) is 5.75 Å². The summed E-state index contributed by atoms with van der Waals surface area (Å²) in [5.41, 5.74) is 3.65. The Morgan fingerprint density at radius 1 is 0.841 bits per heavy atom. The van der Waals surface area contributed by atoms with E-state index in [-0.39, 0.29) is 18.3 Å². The van der Waals surface area contributed by atoms with Gasteiger partial charge in [-0.2, -0.15) is 0 Å². The van der Waals surface area contributed by atoms with Gasteiger partial charge in [0.15, 0.2) is 0 Å². The van der Waals surface area contributed by atoms with Crippen LogP contribution in [0.3, 0.4) is 0 Å². The van der Waals surface area contributed by atoms with Gasteiger partial charge in [0.05, 0.1) is 12.3 Å². The van der Waals surface area contributed by atoms with Crippen LogP contribution < -0.4 is 15.0 Å². The molecule has 1 unspecified atom stereocenters. The number of fused-ring (bicyclic) bond motifs is 1. The van der Waals surface area contributed by atoms with Gasteiger partial charge in [-0.1, -0.05) is 66.7 Å². The molecule has 0 saturated heterocycles. The van der Waals surface area contributed by atoms with Crippen molar-refractivity contribution in [3.05, 3.63) is 133 Å². The van der Waals surface area contributed by atoms with E-state index in [0.717, 1.165) is 47.2 Å². The number of ether oxygens (including phenoxy) is 1. The van der Waals surface area contributed by atoms with Crippen LogP contribution in [-0.2, 0) is 16.0 Å². The average molecular weight is 587 g/mol. The normalized spacial score (nSPS) is 11.7. The van der Waals surface area contributed by atoms with Crippen LogP contribution in [0.25, 0.3) is 10.8 Å². The molecule has 0 fully saturated rings. The maximum Gasteiger partial charge on any atom is 0.315 e. The first-order valence-electron chi connectivity index (χ1n) is 15.0. The molecule has 4 aromatic carbocycles. The molecule has 0 aliphatic heterocycles. The third-order valence-electron chi connectivity index (χ3n) is 7.68. The van der Waals surface area contributed by atoms with Gasteiger partial charge in [-0.05, 0) is 72.9 Å². The second kappa shape index (κ2) is 14.9. The standard InChI is InChI=1S/C37H38N4O3/c1-3-41(33-12-8-5-9-13-33)23-22-40(2)27-35(37(43)39-32-17-14-31-26-38-21-20-30(31)25-32)29-15-18-34(19-16-29)44-36(42)24-28-10-6-4-7-11-28/h4-21,25-26,35H,3,22-24,27H2,1-2H3,(H,39,43). The molecular weight excluding hydrogens is 548 g/mol. The largest absolute Gasteiger partial charge is 0.426 e. The number of hydrogen-bond acceptors (Lipinski definition) is 6. The summed E-state index contributed by atoms with van der Waals surface area (Å²) >= 11 is 0. The highest BCUT2D eigenvalue weighted by atomic mass is 16.5. The summed E-state index contributed by atoms with van der Waals surface area (Å²) in [7, 11) is 2.04. The molecule has 5 rings (SSSR count). The molecule has 224 valence electrons. The molecule has 0 aliphatic rings. The van der Waals surface area contributed by atoms with Crippen molar-refractivity contribution in [1.82, 2.24) is 9.88 Å². The van der Waals surface area contributed by atoms with E-state index < -0.39 is 5.92 Å². The van der Waals surface area contributed by atoms with Gasteiger partial charge >= 0.3 is 5.97 Å². The zero-order valence-electron chi connectivity index (χ0n) is 25.2. The first-order chi connectivity index (χ1) is 21.5. The Hall–Kier alpha value is -5.01. The maximum absolute atomic E-state index is 13.8. The summed E-state index contributed by atoms with van der Waals surface area (Å²) in [5.74, 6) is -0.432. The molecule has 0 spiro atoms. The first-order valence-corrected chi connectivity index (χ1v) is 15.0. The highest BCUT2D eigenvalue weighted by molar-refractivity contribution is 5.98. The molecule has 7 nitrogen and oxygen atoms in total. The fraction of sp³-hybridized carbons (Fsp3) is 0.216. The van der Waals surface area contributed by atoms with Crippen molar-refractivity contribution in [2.45, 2.75) is 19.3 Å². The summed E-state index contributed by atoms with van der Waals surface area (Å²) in [6.45, 7) is 5.18. The molecule has 1 heterocycles. The van der Waals surface area contributed by atoms with Gasteiger partial charge in [0, 0.05) is 55.3 Å². The quantitative estimate of drug-likeness (QED) is 0.124. The Labute approximate surface area is 259 Å². The van der Waals surface area contributed by atoms with E-state index in [0.29, 0.717) is 12.3 Å². The van der Waals surface area contributed by atoms with Gasteiger partial charge in [-0.3, -0.25) is 14.6 Å². The number of nitrogens with one attached hydrogen (secondary N) is 1. The molecular formula is C37H38N4O3. The van der Waals surface area contributed by atoms with E-state index in [1.807, 2.05) is 98.2 Å². The SMILES string of the molecule is CCN(CCN(C)CC(C(=O)Nc1ccc2cnccc2c1)c1ccc(OC(=O)Cc2ccccc2)cc1)c1ccccc1. The van der Waals surface area contributed by atoms with Gasteiger partial charge < -0.3 is 19.9 Å². The molecule has 1 aromatic heterocycles. The number of nitrogens with zero attached hydrogens (tertiary/aromatic N) is 3. The van der Waals surface area contributed by atoms with Crippen molar-refractivity contribution in [3.63, 3.8) is 0 Å². The number of rotatable bonds is 13. The zero-order valence-corrected chi connectivity index (χ0v) is 25.2. The number of para-hydroxylation sites is 1. The lowest BCUT2D eigenvalue weighted by atomic mass is 9.97. The number of anilines is 2. The molecule has 1 amide bonds. The summed E-state index contributed by atoms with van der Waals surface area (Å²) in [5, 5.41) is 5.15. The predicted molar refractivity (Wildman–Crippen MR) is 177 cm³/mol. The van der Waals surface area contributed by atoms with Gasteiger partial charge in [0.2, 0.25) is 5.91 Å². The van der Waals surface area contributed by atoms with Crippen molar-refractivity contribution >= 4 is 34.0 Å². The number of likely N-dealkylation sites (N-methyl/N-ethyl adjacent to an activating group) is 2. The molecule has 0 saturated carbocycles. The molecule has 0 radical (unpaired) electrons. The molecule has 1 N–H and O–H groups in total. The second-order valence-corrected chi connectivity index (χ2v) is 10.9. The average Bonchev–Trinajstić information content (AvgIpc) is 3.05. The topological polar surface area (TPSA) is 74.8 Å². The number of benzene rings is 4. The third-order valence-corrected chi connectivity index (χ3v) is 7.68. The number of hydrogen-bond donors (Lipinski definition) is 1. The fourth-order valence-corrected chi connectivity index (χ4v) is 5.23. The Morgan fingerprint density at radius 3 is 2.30 bits per heavy atom. The highest BCUT2D eigenvalue weighted by Gasteiger charge is 2.23. The van der Waals surface area contributed by atoms with Gasteiger partial charge in [-0.25, -0.2) is 0 Å². The van der Waals surface area contributed by atoms with Crippen LogP contribution in [0.2, 0.25) is 0 Å². The van der Waals surface area contributed by atoms with Crippen LogP contribution in [0.4, 0.5) is 11.4 Å². The number of pyridine rings is 1. The van der Waals surface area contributed by atoms with Crippen LogP contribution in [0.15, 0.2) is 122 Å². The number of esters is 1. The Balaban J connectivity index is 1.30. The van der Waals surface area contributed by atoms with E-state index in [1.165, 1.54) is 5.69 Å².